The first-order chi connectivity index (χ1) is 8.60. The van der Waals surface area contributed by atoms with Gasteiger partial charge in [0.05, 0.1) is 5.02 Å². The Morgan fingerprint density at radius 3 is 2.61 bits per heavy atom. The van der Waals surface area contributed by atoms with Crippen LogP contribution in [0.5, 0.6) is 0 Å². The zero-order valence-corrected chi connectivity index (χ0v) is 11.5. The molecule has 0 spiro atoms. The SMILES string of the molecule is CCCc1cc(N)nc(-c2ccc(Cl)cc2Cl)n1. The Hall–Kier alpha value is -1.32. The second-order valence-electron chi connectivity index (χ2n) is 3.98. The third-order valence-corrected chi connectivity index (χ3v) is 3.02. The Bertz CT molecular complexity index is 570. The summed E-state index contributed by atoms with van der Waals surface area (Å²) >= 11 is 12.0. The van der Waals surface area contributed by atoms with E-state index in [1.54, 1.807) is 24.3 Å². The van der Waals surface area contributed by atoms with Gasteiger partial charge < -0.3 is 5.73 Å². The van der Waals surface area contributed by atoms with Gasteiger partial charge in [-0.15, -0.1) is 0 Å². The molecule has 5 heteroatoms. The molecule has 2 rings (SSSR count). The van der Waals surface area contributed by atoms with Crippen molar-refractivity contribution < 1.29 is 0 Å². The van der Waals surface area contributed by atoms with Crippen molar-refractivity contribution in [3.63, 3.8) is 0 Å². The van der Waals surface area contributed by atoms with Crippen LogP contribution in [0.3, 0.4) is 0 Å². The molecule has 2 aromatic rings. The number of anilines is 1. The van der Waals surface area contributed by atoms with Crippen molar-refractivity contribution in [2.45, 2.75) is 19.8 Å². The summed E-state index contributed by atoms with van der Waals surface area (Å²) in [6.07, 6.45) is 1.87. The number of nitrogen functional groups attached to an aromatic ring is 1. The van der Waals surface area contributed by atoms with Crippen molar-refractivity contribution in [1.82, 2.24) is 9.97 Å². The second kappa shape index (κ2) is 5.55. The van der Waals surface area contributed by atoms with Gasteiger partial charge in [0.2, 0.25) is 0 Å². The van der Waals surface area contributed by atoms with E-state index in [1.807, 2.05) is 0 Å². The Morgan fingerprint density at radius 2 is 1.94 bits per heavy atom. The van der Waals surface area contributed by atoms with Gasteiger partial charge in [-0.25, -0.2) is 9.97 Å². The van der Waals surface area contributed by atoms with Gasteiger partial charge in [0.1, 0.15) is 5.82 Å². The molecule has 0 radical (unpaired) electrons. The number of rotatable bonds is 3. The van der Waals surface area contributed by atoms with Gasteiger partial charge in [0.15, 0.2) is 5.82 Å². The minimum absolute atomic E-state index is 0.453. The number of hydrogen-bond acceptors (Lipinski definition) is 3. The lowest BCUT2D eigenvalue weighted by Crippen LogP contribution is -2.00. The molecule has 0 fully saturated rings. The monoisotopic (exact) mass is 281 g/mol. The molecule has 0 saturated carbocycles. The highest BCUT2D eigenvalue weighted by Crippen LogP contribution is 2.28. The van der Waals surface area contributed by atoms with Crippen LogP contribution in [0.2, 0.25) is 10.0 Å². The van der Waals surface area contributed by atoms with Gasteiger partial charge in [0.25, 0.3) is 0 Å². The first kappa shape index (κ1) is 13.1. The topological polar surface area (TPSA) is 51.8 Å². The maximum atomic E-state index is 6.14. The fourth-order valence-electron chi connectivity index (χ4n) is 1.69. The second-order valence-corrected chi connectivity index (χ2v) is 4.83. The van der Waals surface area contributed by atoms with Crippen LogP contribution in [0.25, 0.3) is 11.4 Å². The fourth-order valence-corrected chi connectivity index (χ4v) is 2.19. The molecule has 1 aromatic carbocycles. The van der Waals surface area contributed by atoms with E-state index in [-0.39, 0.29) is 0 Å². The molecule has 94 valence electrons. The third-order valence-electron chi connectivity index (χ3n) is 2.48. The minimum Gasteiger partial charge on any atom is -0.384 e. The molecule has 0 bridgehead atoms. The molecule has 18 heavy (non-hydrogen) atoms. The summed E-state index contributed by atoms with van der Waals surface area (Å²) in [5.74, 6) is 0.995. The van der Waals surface area contributed by atoms with E-state index in [4.69, 9.17) is 28.9 Å². The first-order valence-corrected chi connectivity index (χ1v) is 6.44. The summed E-state index contributed by atoms with van der Waals surface area (Å²) in [5.41, 5.74) is 7.45. The molecule has 0 aliphatic heterocycles. The van der Waals surface area contributed by atoms with E-state index < -0.39 is 0 Å². The Labute approximate surface area is 116 Å². The number of nitrogens with zero attached hydrogens (tertiary/aromatic N) is 2. The molecular formula is C13H13Cl2N3. The molecule has 1 heterocycles. The molecule has 0 atom stereocenters. The molecule has 1 aromatic heterocycles. The van der Waals surface area contributed by atoms with Crippen molar-refractivity contribution in [3.05, 3.63) is 40.0 Å². The molecule has 0 aliphatic rings. The lowest BCUT2D eigenvalue weighted by Gasteiger charge is -2.07. The van der Waals surface area contributed by atoms with E-state index in [0.29, 0.717) is 21.7 Å². The number of hydrogen-bond donors (Lipinski definition) is 1. The lowest BCUT2D eigenvalue weighted by molar-refractivity contribution is 0.877. The molecule has 0 saturated heterocycles. The number of nitrogens with two attached hydrogens (primary N) is 1. The smallest absolute Gasteiger partial charge is 0.163 e. The first-order valence-electron chi connectivity index (χ1n) is 5.69. The quantitative estimate of drug-likeness (QED) is 0.926. The molecule has 2 N–H and O–H groups in total. The number of aryl methyl sites for hydroxylation is 1. The van der Waals surface area contributed by atoms with E-state index in [9.17, 15) is 0 Å². The van der Waals surface area contributed by atoms with Crippen molar-refractivity contribution >= 4 is 29.0 Å². The van der Waals surface area contributed by atoms with Crippen LogP contribution in [0, 0.1) is 0 Å². The maximum Gasteiger partial charge on any atom is 0.163 e. The van der Waals surface area contributed by atoms with Crippen LogP contribution in [-0.2, 0) is 6.42 Å². The van der Waals surface area contributed by atoms with Crippen molar-refractivity contribution in [2.24, 2.45) is 0 Å². The average Bonchev–Trinajstić information content (AvgIpc) is 2.28. The molecule has 0 amide bonds. The highest BCUT2D eigenvalue weighted by Gasteiger charge is 2.09. The van der Waals surface area contributed by atoms with E-state index >= 15 is 0 Å². The van der Waals surface area contributed by atoms with Crippen LogP contribution in [0.1, 0.15) is 19.0 Å². The van der Waals surface area contributed by atoms with Gasteiger partial charge in [-0.1, -0.05) is 36.5 Å². The van der Waals surface area contributed by atoms with Crippen LogP contribution in [-0.4, -0.2) is 9.97 Å². The van der Waals surface area contributed by atoms with Crippen LogP contribution in [0.15, 0.2) is 24.3 Å². The summed E-state index contributed by atoms with van der Waals surface area (Å²) in [5, 5.41) is 1.11. The van der Waals surface area contributed by atoms with E-state index in [0.717, 1.165) is 24.1 Å². The Kier molecular flexibility index (Phi) is 4.04. The van der Waals surface area contributed by atoms with Gasteiger partial charge >= 0.3 is 0 Å². The summed E-state index contributed by atoms with van der Waals surface area (Å²) in [6, 6.07) is 7.02. The summed E-state index contributed by atoms with van der Waals surface area (Å²) in [7, 11) is 0. The maximum absolute atomic E-state index is 6.14. The predicted octanol–water partition coefficient (Wildman–Crippen LogP) is 3.99. The minimum atomic E-state index is 0.453. The fraction of sp³-hybridized carbons (Fsp3) is 0.231. The third kappa shape index (κ3) is 2.92. The van der Waals surface area contributed by atoms with Crippen LogP contribution in [0.4, 0.5) is 5.82 Å². The van der Waals surface area contributed by atoms with Crippen molar-refractivity contribution in [3.8, 4) is 11.4 Å². The van der Waals surface area contributed by atoms with Gasteiger partial charge in [0, 0.05) is 22.3 Å². The number of benzene rings is 1. The highest BCUT2D eigenvalue weighted by molar-refractivity contribution is 6.36. The standard InChI is InChI=1S/C13H13Cl2N3/c1-2-3-9-7-12(16)18-13(17-9)10-5-4-8(14)6-11(10)15/h4-7H,2-3H2,1H3,(H2,16,17,18). The lowest BCUT2D eigenvalue weighted by atomic mass is 10.2. The van der Waals surface area contributed by atoms with Gasteiger partial charge in [-0.2, -0.15) is 0 Å². The molecule has 0 aliphatic carbocycles. The van der Waals surface area contributed by atoms with Gasteiger partial charge in [-0.3, -0.25) is 0 Å². The number of halogens is 2. The van der Waals surface area contributed by atoms with Crippen molar-refractivity contribution in [2.75, 3.05) is 5.73 Å². The number of aromatic nitrogens is 2. The van der Waals surface area contributed by atoms with Crippen molar-refractivity contribution in [1.29, 1.82) is 0 Å². The zero-order valence-electron chi connectivity index (χ0n) is 9.95. The Balaban J connectivity index is 2.49. The molecular weight excluding hydrogens is 269 g/mol. The predicted molar refractivity (Wildman–Crippen MR) is 75.9 cm³/mol. The zero-order chi connectivity index (χ0) is 13.1. The summed E-state index contributed by atoms with van der Waals surface area (Å²) < 4.78 is 0. The summed E-state index contributed by atoms with van der Waals surface area (Å²) in [4.78, 5) is 8.68. The Morgan fingerprint density at radius 1 is 1.17 bits per heavy atom. The van der Waals surface area contributed by atoms with Gasteiger partial charge in [-0.05, 0) is 24.6 Å². The van der Waals surface area contributed by atoms with E-state index in [1.165, 1.54) is 0 Å². The normalized spacial score (nSPS) is 10.6. The average molecular weight is 282 g/mol. The molecule has 0 unspecified atom stereocenters. The largest absolute Gasteiger partial charge is 0.384 e. The molecule has 3 nitrogen and oxygen atoms in total. The highest BCUT2D eigenvalue weighted by atomic mass is 35.5. The summed E-state index contributed by atoms with van der Waals surface area (Å²) in [6.45, 7) is 2.09. The van der Waals surface area contributed by atoms with Crippen LogP contribution >= 0.6 is 23.2 Å². The van der Waals surface area contributed by atoms with Crippen LogP contribution < -0.4 is 5.73 Å². The van der Waals surface area contributed by atoms with E-state index in [2.05, 4.69) is 16.9 Å².